The van der Waals surface area contributed by atoms with Crippen LogP contribution in [-0.4, -0.2) is 13.2 Å². The number of benzene rings is 2. The molecule has 0 amide bonds. The van der Waals surface area contributed by atoms with Crippen LogP contribution in [0.25, 0.3) is 10.8 Å². The highest BCUT2D eigenvalue weighted by molar-refractivity contribution is 5.87. The quantitative estimate of drug-likeness (QED) is 0.706. The number of rotatable bonds is 8. The number of hydrogen-bond acceptors (Lipinski definition) is 2. The molecule has 0 saturated carbocycles. The van der Waals surface area contributed by atoms with Gasteiger partial charge in [0.1, 0.15) is 5.75 Å². The van der Waals surface area contributed by atoms with E-state index in [9.17, 15) is 0 Å². The Morgan fingerprint density at radius 3 is 2.67 bits per heavy atom. The molecule has 2 nitrogen and oxygen atoms in total. The van der Waals surface area contributed by atoms with E-state index in [2.05, 4.69) is 62.5 Å². The molecule has 0 radical (unpaired) electrons. The van der Waals surface area contributed by atoms with Gasteiger partial charge in [0.05, 0.1) is 6.61 Å². The minimum Gasteiger partial charge on any atom is -0.493 e. The topological polar surface area (TPSA) is 21.3 Å². The summed E-state index contributed by atoms with van der Waals surface area (Å²) in [6.07, 6.45) is 2.24. The molecule has 0 bridgehead atoms. The third-order valence-electron chi connectivity index (χ3n) is 3.66. The fraction of sp³-hybridized carbons (Fsp3) is 0.474. The fourth-order valence-corrected chi connectivity index (χ4v) is 2.45. The van der Waals surface area contributed by atoms with Gasteiger partial charge < -0.3 is 10.1 Å². The largest absolute Gasteiger partial charge is 0.493 e. The van der Waals surface area contributed by atoms with Crippen LogP contribution in [0.1, 0.15) is 39.2 Å². The van der Waals surface area contributed by atoms with Gasteiger partial charge in [0, 0.05) is 12.1 Å². The summed E-state index contributed by atoms with van der Waals surface area (Å²) in [5.41, 5.74) is 1.28. The summed E-state index contributed by atoms with van der Waals surface area (Å²) in [7, 11) is 0. The van der Waals surface area contributed by atoms with Gasteiger partial charge in [-0.1, -0.05) is 51.1 Å². The van der Waals surface area contributed by atoms with Crippen LogP contribution in [0.2, 0.25) is 0 Å². The van der Waals surface area contributed by atoms with Gasteiger partial charge in [-0.05, 0) is 42.1 Å². The molecule has 0 aromatic heterocycles. The maximum Gasteiger partial charge on any atom is 0.124 e. The maximum absolute atomic E-state index is 5.93. The van der Waals surface area contributed by atoms with Crippen LogP contribution in [-0.2, 0) is 6.54 Å². The highest BCUT2D eigenvalue weighted by Gasteiger charge is 2.08. The smallest absolute Gasteiger partial charge is 0.124 e. The summed E-state index contributed by atoms with van der Waals surface area (Å²) < 4.78 is 5.93. The van der Waals surface area contributed by atoms with E-state index in [1.807, 2.05) is 0 Å². The molecular formula is C19H27NO. The molecular weight excluding hydrogens is 258 g/mol. The Labute approximate surface area is 128 Å². The second-order valence-corrected chi connectivity index (χ2v) is 5.97. The first-order valence-corrected chi connectivity index (χ1v) is 8.06. The highest BCUT2D eigenvalue weighted by atomic mass is 16.5. The normalized spacial score (nSPS) is 11.2. The number of ether oxygens (including phenoxy) is 1. The van der Waals surface area contributed by atoms with Crippen molar-refractivity contribution in [3.63, 3.8) is 0 Å². The molecule has 0 unspecified atom stereocenters. The first-order valence-electron chi connectivity index (χ1n) is 8.06. The van der Waals surface area contributed by atoms with Crippen molar-refractivity contribution >= 4 is 10.8 Å². The van der Waals surface area contributed by atoms with Crippen molar-refractivity contribution in [3.8, 4) is 5.75 Å². The number of hydrogen-bond donors (Lipinski definition) is 1. The van der Waals surface area contributed by atoms with E-state index >= 15 is 0 Å². The Kier molecular flexibility index (Phi) is 6.06. The standard InChI is InChI=1S/C19H27NO/c1-4-13-21-19-10-9-16-7-5-6-8-17(16)18(19)14-20-12-11-15(2)3/h5-10,15,20H,4,11-14H2,1-3H3. The summed E-state index contributed by atoms with van der Waals surface area (Å²) in [5, 5.41) is 6.14. The minimum atomic E-state index is 0.737. The average molecular weight is 285 g/mol. The summed E-state index contributed by atoms with van der Waals surface area (Å²) in [5.74, 6) is 1.76. The molecule has 114 valence electrons. The van der Waals surface area contributed by atoms with Crippen molar-refractivity contribution in [2.45, 2.75) is 40.2 Å². The van der Waals surface area contributed by atoms with Crippen LogP contribution < -0.4 is 10.1 Å². The molecule has 0 aliphatic carbocycles. The molecule has 0 heterocycles. The van der Waals surface area contributed by atoms with Crippen LogP contribution in [0.4, 0.5) is 0 Å². The molecule has 2 rings (SSSR count). The molecule has 0 aliphatic heterocycles. The van der Waals surface area contributed by atoms with Gasteiger partial charge in [-0.3, -0.25) is 0 Å². The molecule has 0 aliphatic rings. The van der Waals surface area contributed by atoms with Crippen LogP contribution >= 0.6 is 0 Å². The van der Waals surface area contributed by atoms with Crippen LogP contribution in [0.3, 0.4) is 0 Å². The SMILES string of the molecule is CCCOc1ccc2ccccc2c1CNCCC(C)C. The predicted molar refractivity (Wildman–Crippen MR) is 90.9 cm³/mol. The molecule has 0 fully saturated rings. The molecule has 2 aromatic carbocycles. The molecule has 2 heteroatoms. The average Bonchev–Trinajstić information content (AvgIpc) is 2.49. The lowest BCUT2D eigenvalue weighted by Gasteiger charge is -2.15. The third-order valence-corrected chi connectivity index (χ3v) is 3.66. The molecule has 0 atom stereocenters. The van der Waals surface area contributed by atoms with E-state index in [1.165, 1.54) is 22.8 Å². The Morgan fingerprint density at radius 1 is 1.10 bits per heavy atom. The first kappa shape index (κ1) is 15.8. The van der Waals surface area contributed by atoms with E-state index in [-0.39, 0.29) is 0 Å². The zero-order valence-electron chi connectivity index (χ0n) is 13.5. The van der Waals surface area contributed by atoms with Crippen LogP contribution in [0.5, 0.6) is 5.75 Å². The molecule has 0 spiro atoms. The summed E-state index contributed by atoms with van der Waals surface area (Å²) in [4.78, 5) is 0. The van der Waals surface area contributed by atoms with Crippen LogP contribution in [0, 0.1) is 5.92 Å². The number of nitrogens with one attached hydrogen (secondary N) is 1. The van der Waals surface area contributed by atoms with Gasteiger partial charge in [-0.15, -0.1) is 0 Å². The highest BCUT2D eigenvalue weighted by Crippen LogP contribution is 2.28. The van der Waals surface area contributed by atoms with Gasteiger partial charge in [0.15, 0.2) is 0 Å². The predicted octanol–water partition coefficient (Wildman–Crippen LogP) is 4.76. The van der Waals surface area contributed by atoms with E-state index in [0.29, 0.717) is 0 Å². The fourth-order valence-electron chi connectivity index (χ4n) is 2.45. The Morgan fingerprint density at radius 2 is 1.90 bits per heavy atom. The van der Waals surface area contributed by atoms with Gasteiger partial charge in [0.2, 0.25) is 0 Å². The molecule has 21 heavy (non-hydrogen) atoms. The third kappa shape index (κ3) is 4.47. The summed E-state index contributed by atoms with van der Waals surface area (Å²) in [6, 6.07) is 12.8. The van der Waals surface area contributed by atoms with E-state index in [0.717, 1.165) is 37.8 Å². The summed E-state index contributed by atoms with van der Waals surface area (Å²) in [6.45, 7) is 9.35. The van der Waals surface area contributed by atoms with Crippen molar-refractivity contribution in [2.24, 2.45) is 5.92 Å². The Bertz CT molecular complexity index is 562. The van der Waals surface area contributed by atoms with E-state index in [1.54, 1.807) is 0 Å². The Balaban J connectivity index is 2.19. The lowest BCUT2D eigenvalue weighted by atomic mass is 10.0. The lowest BCUT2D eigenvalue weighted by molar-refractivity contribution is 0.314. The Hall–Kier alpha value is -1.54. The van der Waals surface area contributed by atoms with Gasteiger partial charge in [-0.25, -0.2) is 0 Å². The molecule has 1 N–H and O–H groups in total. The van der Waals surface area contributed by atoms with Gasteiger partial charge in [0.25, 0.3) is 0 Å². The minimum absolute atomic E-state index is 0.737. The zero-order chi connectivity index (χ0) is 15.1. The van der Waals surface area contributed by atoms with Crippen molar-refractivity contribution < 1.29 is 4.74 Å². The van der Waals surface area contributed by atoms with E-state index in [4.69, 9.17) is 4.74 Å². The van der Waals surface area contributed by atoms with Gasteiger partial charge in [-0.2, -0.15) is 0 Å². The van der Waals surface area contributed by atoms with Gasteiger partial charge >= 0.3 is 0 Å². The van der Waals surface area contributed by atoms with Crippen molar-refractivity contribution in [2.75, 3.05) is 13.2 Å². The van der Waals surface area contributed by atoms with Crippen molar-refractivity contribution in [1.82, 2.24) is 5.32 Å². The number of fused-ring (bicyclic) bond motifs is 1. The van der Waals surface area contributed by atoms with Crippen LogP contribution in [0.15, 0.2) is 36.4 Å². The van der Waals surface area contributed by atoms with Crippen molar-refractivity contribution in [3.05, 3.63) is 42.0 Å². The molecule has 0 saturated heterocycles. The first-order chi connectivity index (χ1) is 10.2. The second kappa shape index (κ2) is 8.04. The lowest BCUT2D eigenvalue weighted by Crippen LogP contribution is -2.17. The second-order valence-electron chi connectivity index (χ2n) is 5.97. The zero-order valence-corrected chi connectivity index (χ0v) is 13.5. The van der Waals surface area contributed by atoms with E-state index < -0.39 is 0 Å². The molecule has 2 aromatic rings. The van der Waals surface area contributed by atoms with Crippen molar-refractivity contribution in [1.29, 1.82) is 0 Å². The maximum atomic E-state index is 5.93. The monoisotopic (exact) mass is 285 g/mol. The summed E-state index contributed by atoms with van der Waals surface area (Å²) >= 11 is 0.